The van der Waals surface area contributed by atoms with Gasteiger partial charge in [0, 0.05) is 29.0 Å². The summed E-state index contributed by atoms with van der Waals surface area (Å²) < 4.78 is 0. The summed E-state index contributed by atoms with van der Waals surface area (Å²) in [6.07, 6.45) is 2.82. The summed E-state index contributed by atoms with van der Waals surface area (Å²) in [5.41, 5.74) is 0. The monoisotopic (exact) mass is 253 g/mol. The van der Waals surface area contributed by atoms with Gasteiger partial charge in [0.2, 0.25) is 0 Å². The second-order valence-corrected chi connectivity index (χ2v) is 6.58. The second-order valence-electron chi connectivity index (χ2n) is 4.00. The predicted octanol–water partition coefficient (Wildman–Crippen LogP) is 3.26. The Bertz CT molecular complexity index is 283. The van der Waals surface area contributed by atoms with Crippen molar-refractivity contribution in [3.8, 4) is 0 Å². The van der Waals surface area contributed by atoms with Crippen molar-refractivity contribution in [2.45, 2.75) is 23.0 Å². The SMILES string of the molecule is c1ccc(SCCNCC2CCCS2)cc1. The van der Waals surface area contributed by atoms with Gasteiger partial charge in [-0.25, -0.2) is 0 Å². The molecule has 0 saturated carbocycles. The van der Waals surface area contributed by atoms with Crippen LogP contribution >= 0.6 is 23.5 Å². The predicted molar refractivity (Wildman–Crippen MR) is 75.5 cm³/mol. The zero-order valence-electron chi connectivity index (χ0n) is 9.52. The Morgan fingerprint density at radius 1 is 1.31 bits per heavy atom. The molecule has 0 spiro atoms. The van der Waals surface area contributed by atoms with Crippen LogP contribution in [0.25, 0.3) is 0 Å². The third kappa shape index (κ3) is 4.40. The van der Waals surface area contributed by atoms with Crippen molar-refractivity contribution in [1.29, 1.82) is 0 Å². The van der Waals surface area contributed by atoms with Crippen LogP contribution in [-0.2, 0) is 0 Å². The fourth-order valence-electron chi connectivity index (χ4n) is 1.83. The average molecular weight is 253 g/mol. The van der Waals surface area contributed by atoms with Crippen molar-refractivity contribution >= 4 is 23.5 Å². The summed E-state index contributed by atoms with van der Waals surface area (Å²) in [5, 5.41) is 4.43. The summed E-state index contributed by atoms with van der Waals surface area (Å²) in [4.78, 5) is 1.37. The number of thioether (sulfide) groups is 2. The third-order valence-electron chi connectivity index (χ3n) is 2.69. The molecule has 1 nitrogen and oxygen atoms in total. The van der Waals surface area contributed by atoms with Crippen LogP contribution in [0.15, 0.2) is 35.2 Å². The van der Waals surface area contributed by atoms with Crippen LogP contribution in [0.1, 0.15) is 12.8 Å². The molecular weight excluding hydrogens is 234 g/mol. The van der Waals surface area contributed by atoms with Crippen molar-refractivity contribution in [2.24, 2.45) is 0 Å². The topological polar surface area (TPSA) is 12.0 Å². The molecule has 1 fully saturated rings. The molecule has 1 atom stereocenters. The molecule has 0 aromatic heterocycles. The van der Waals surface area contributed by atoms with E-state index < -0.39 is 0 Å². The summed E-state index contributed by atoms with van der Waals surface area (Å²) >= 11 is 4.06. The molecule has 1 aliphatic rings. The Labute approximate surface area is 107 Å². The minimum Gasteiger partial charge on any atom is -0.315 e. The van der Waals surface area contributed by atoms with Gasteiger partial charge in [-0.2, -0.15) is 11.8 Å². The highest BCUT2D eigenvalue weighted by molar-refractivity contribution is 8.00. The van der Waals surface area contributed by atoms with Crippen LogP contribution in [-0.4, -0.2) is 29.8 Å². The number of hydrogen-bond acceptors (Lipinski definition) is 3. The number of rotatable bonds is 6. The van der Waals surface area contributed by atoms with E-state index >= 15 is 0 Å². The number of nitrogens with one attached hydrogen (secondary N) is 1. The van der Waals surface area contributed by atoms with Gasteiger partial charge in [-0.1, -0.05) is 18.2 Å². The molecule has 16 heavy (non-hydrogen) atoms. The first-order chi connectivity index (χ1) is 7.95. The standard InChI is InChI=1S/C13H19NS2/c1-2-5-12(6-3-1)16-10-8-14-11-13-7-4-9-15-13/h1-3,5-6,13-14H,4,7-11H2. The molecule has 1 N–H and O–H groups in total. The van der Waals surface area contributed by atoms with Crippen molar-refractivity contribution in [2.75, 3.05) is 24.6 Å². The molecular formula is C13H19NS2. The largest absolute Gasteiger partial charge is 0.315 e. The summed E-state index contributed by atoms with van der Waals surface area (Å²) in [5.74, 6) is 2.53. The lowest BCUT2D eigenvalue weighted by atomic mass is 10.2. The fraction of sp³-hybridized carbons (Fsp3) is 0.538. The van der Waals surface area contributed by atoms with Crippen LogP contribution in [0.2, 0.25) is 0 Å². The minimum atomic E-state index is 0.877. The number of benzene rings is 1. The molecule has 2 rings (SSSR count). The van der Waals surface area contributed by atoms with Gasteiger partial charge in [0.25, 0.3) is 0 Å². The first-order valence-electron chi connectivity index (χ1n) is 5.95. The zero-order valence-corrected chi connectivity index (χ0v) is 11.2. The van der Waals surface area contributed by atoms with E-state index in [0.717, 1.165) is 11.8 Å². The van der Waals surface area contributed by atoms with Gasteiger partial charge in [-0.05, 0) is 30.7 Å². The first kappa shape index (κ1) is 12.3. The Kier molecular flexibility index (Phi) is 5.59. The van der Waals surface area contributed by atoms with E-state index in [0.29, 0.717) is 0 Å². The van der Waals surface area contributed by atoms with E-state index in [4.69, 9.17) is 0 Å². The van der Waals surface area contributed by atoms with Gasteiger partial charge < -0.3 is 5.32 Å². The third-order valence-corrected chi connectivity index (χ3v) is 5.10. The summed E-state index contributed by atoms with van der Waals surface area (Å²) in [6.45, 7) is 2.32. The highest BCUT2D eigenvalue weighted by Crippen LogP contribution is 2.25. The van der Waals surface area contributed by atoms with Gasteiger partial charge in [0.05, 0.1) is 0 Å². The van der Waals surface area contributed by atoms with Crippen molar-refractivity contribution in [1.82, 2.24) is 5.32 Å². The van der Waals surface area contributed by atoms with Crippen LogP contribution in [0.3, 0.4) is 0 Å². The van der Waals surface area contributed by atoms with E-state index in [-0.39, 0.29) is 0 Å². The maximum Gasteiger partial charge on any atom is 0.0172 e. The highest BCUT2D eigenvalue weighted by atomic mass is 32.2. The lowest BCUT2D eigenvalue weighted by molar-refractivity contribution is 0.669. The van der Waals surface area contributed by atoms with Crippen molar-refractivity contribution in [3.63, 3.8) is 0 Å². The van der Waals surface area contributed by atoms with Gasteiger partial charge >= 0.3 is 0 Å². The lowest BCUT2D eigenvalue weighted by Crippen LogP contribution is -2.25. The summed E-state index contributed by atoms with van der Waals surface area (Å²) in [6, 6.07) is 10.6. The second kappa shape index (κ2) is 7.25. The van der Waals surface area contributed by atoms with Gasteiger partial charge in [-0.3, -0.25) is 0 Å². The molecule has 3 heteroatoms. The molecule has 1 unspecified atom stereocenters. The van der Waals surface area contributed by atoms with Gasteiger partial charge in [-0.15, -0.1) is 11.8 Å². The summed E-state index contributed by atoms with van der Waals surface area (Å²) in [7, 11) is 0. The molecule has 1 aliphatic heterocycles. The average Bonchev–Trinajstić information content (AvgIpc) is 2.83. The normalized spacial score (nSPS) is 20.1. The maximum absolute atomic E-state index is 3.56. The Morgan fingerprint density at radius 2 is 2.19 bits per heavy atom. The first-order valence-corrected chi connectivity index (χ1v) is 7.99. The molecule has 88 valence electrons. The Hall–Kier alpha value is -0.120. The van der Waals surface area contributed by atoms with E-state index in [1.54, 1.807) is 0 Å². The molecule has 1 aromatic carbocycles. The van der Waals surface area contributed by atoms with E-state index in [2.05, 4.69) is 47.4 Å². The van der Waals surface area contributed by atoms with Gasteiger partial charge in [0.1, 0.15) is 0 Å². The fourth-order valence-corrected chi connectivity index (χ4v) is 3.89. The Morgan fingerprint density at radius 3 is 2.94 bits per heavy atom. The molecule has 1 saturated heterocycles. The maximum atomic E-state index is 3.56. The number of hydrogen-bond donors (Lipinski definition) is 1. The molecule has 0 aliphatic carbocycles. The van der Waals surface area contributed by atoms with Crippen LogP contribution in [0.5, 0.6) is 0 Å². The van der Waals surface area contributed by atoms with Crippen molar-refractivity contribution < 1.29 is 0 Å². The van der Waals surface area contributed by atoms with E-state index in [1.165, 1.54) is 35.8 Å². The van der Waals surface area contributed by atoms with E-state index in [1.807, 2.05) is 11.8 Å². The molecule has 0 radical (unpaired) electrons. The molecule has 0 amide bonds. The highest BCUT2D eigenvalue weighted by Gasteiger charge is 2.14. The molecule has 1 heterocycles. The molecule has 1 aromatic rings. The zero-order chi connectivity index (χ0) is 11.1. The lowest BCUT2D eigenvalue weighted by Gasteiger charge is -2.09. The van der Waals surface area contributed by atoms with Gasteiger partial charge in [0.15, 0.2) is 0 Å². The minimum absolute atomic E-state index is 0.877. The quantitative estimate of drug-likeness (QED) is 0.617. The van der Waals surface area contributed by atoms with E-state index in [9.17, 15) is 0 Å². The Balaban J connectivity index is 1.52. The van der Waals surface area contributed by atoms with Crippen LogP contribution in [0.4, 0.5) is 0 Å². The van der Waals surface area contributed by atoms with Crippen molar-refractivity contribution in [3.05, 3.63) is 30.3 Å². The molecule has 0 bridgehead atoms. The van der Waals surface area contributed by atoms with Crippen LogP contribution in [0, 0.1) is 0 Å². The smallest absolute Gasteiger partial charge is 0.0172 e. The van der Waals surface area contributed by atoms with Crippen LogP contribution < -0.4 is 5.32 Å².